The Bertz CT molecular complexity index is 979. The van der Waals surface area contributed by atoms with Crippen LogP contribution in [-0.2, 0) is 27.8 Å². The molecule has 148 valence electrons. The highest BCUT2D eigenvalue weighted by molar-refractivity contribution is 7.89. The van der Waals surface area contributed by atoms with Gasteiger partial charge in [0.1, 0.15) is 0 Å². The van der Waals surface area contributed by atoms with Gasteiger partial charge in [-0.25, -0.2) is 8.42 Å². The Hall–Kier alpha value is -2.18. The zero-order chi connectivity index (χ0) is 19.7. The molecule has 5 nitrogen and oxygen atoms in total. The number of nitrogens with zero attached hydrogens (tertiary/aromatic N) is 2. The normalized spacial score (nSPS) is 18.7. The van der Waals surface area contributed by atoms with Crippen LogP contribution in [0.5, 0.6) is 0 Å². The van der Waals surface area contributed by atoms with Gasteiger partial charge in [-0.15, -0.1) is 0 Å². The summed E-state index contributed by atoms with van der Waals surface area (Å²) in [6.45, 7) is 4.03. The largest absolute Gasteiger partial charge is 0.338 e. The van der Waals surface area contributed by atoms with Crippen molar-refractivity contribution >= 4 is 15.9 Å². The first-order chi connectivity index (χ1) is 13.5. The lowest BCUT2D eigenvalue weighted by Crippen LogP contribution is -2.45. The third-order valence-corrected chi connectivity index (χ3v) is 8.02. The van der Waals surface area contributed by atoms with Gasteiger partial charge in [0.05, 0.1) is 4.90 Å². The molecule has 2 heterocycles. The molecule has 0 saturated carbocycles. The van der Waals surface area contributed by atoms with Gasteiger partial charge in [0.15, 0.2) is 0 Å². The van der Waals surface area contributed by atoms with Crippen molar-refractivity contribution in [3.63, 3.8) is 0 Å². The van der Waals surface area contributed by atoms with Gasteiger partial charge in [-0.1, -0.05) is 42.5 Å². The van der Waals surface area contributed by atoms with E-state index in [1.54, 1.807) is 12.1 Å². The van der Waals surface area contributed by atoms with E-state index in [0.717, 1.165) is 18.5 Å². The SMILES string of the molecule is Cc1ccccc1S(=O)(=O)N1CCC(C(=O)N2CCc3ccccc3C2)CC1. The van der Waals surface area contributed by atoms with Crippen molar-refractivity contribution in [2.45, 2.75) is 37.6 Å². The number of benzene rings is 2. The molecule has 0 N–H and O–H groups in total. The van der Waals surface area contributed by atoms with Crippen LogP contribution in [0.25, 0.3) is 0 Å². The van der Waals surface area contributed by atoms with Crippen LogP contribution < -0.4 is 0 Å². The number of carbonyl (C=O) groups is 1. The maximum atomic E-state index is 13.0. The molecule has 28 heavy (non-hydrogen) atoms. The van der Waals surface area contributed by atoms with Gasteiger partial charge < -0.3 is 4.90 Å². The van der Waals surface area contributed by atoms with E-state index in [1.807, 2.05) is 36.1 Å². The van der Waals surface area contributed by atoms with E-state index in [1.165, 1.54) is 15.4 Å². The average Bonchev–Trinajstić information content (AvgIpc) is 2.73. The van der Waals surface area contributed by atoms with Gasteiger partial charge in [-0.2, -0.15) is 4.31 Å². The van der Waals surface area contributed by atoms with Crippen molar-refractivity contribution < 1.29 is 13.2 Å². The smallest absolute Gasteiger partial charge is 0.243 e. The van der Waals surface area contributed by atoms with Crippen molar-refractivity contribution in [3.05, 3.63) is 65.2 Å². The molecule has 2 aromatic rings. The van der Waals surface area contributed by atoms with Crippen LogP contribution in [0, 0.1) is 12.8 Å². The number of carbonyl (C=O) groups excluding carboxylic acids is 1. The number of hydrogen-bond donors (Lipinski definition) is 0. The Morgan fingerprint density at radius 1 is 0.929 bits per heavy atom. The summed E-state index contributed by atoms with van der Waals surface area (Å²) in [7, 11) is -3.50. The van der Waals surface area contributed by atoms with Crippen molar-refractivity contribution in [1.82, 2.24) is 9.21 Å². The fourth-order valence-electron chi connectivity index (χ4n) is 4.27. The molecule has 2 aliphatic rings. The predicted octanol–water partition coefficient (Wildman–Crippen LogP) is 2.98. The van der Waals surface area contributed by atoms with Gasteiger partial charge in [0, 0.05) is 32.1 Å². The van der Waals surface area contributed by atoms with Gasteiger partial charge in [0.2, 0.25) is 15.9 Å². The van der Waals surface area contributed by atoms with E-state index < -0.39 is 10.0 Å². The van der Waals surface area contributed by atoms with Gasteiger partial charge in [-0.3, -0.25) is 4.79 Å². The van der Waals surface area contributed by atoms with E-state index in [4.69, 9.17) is 0 Å². The Morgan fingerprint density at radius 3 is 2.29 bits per heavy atom. The Morgan fingerprint density at radius 2 is 1.57 bits per heavy atom. The highest BCUT2D eigenvalue weighted by atomic mass is 32.2. The summed E-state index contributed by atoms with van der Waals surface area (Å²) in [5.41, 5.74) is 3.31. The third-order valence-electron chi connectivity index (χ3n) is 5.96. The molecule has 0 atom stereocenters. The molecule has 0 radical (unpaired) electrons. The number of amides is 1. The second-order valence-corrected chi connectivity index (χ2v) is 9.63. The fourth-order valence-corrected chi connectivity index (χ4v) is 5.97. The van der Waals surface area contributed by atoms with Crippen LogP contribution in [0.3, 0.4) is 0 Å². The van der Waals surface area contributed by atoms with Crippen LogP contribution in [0.4, 0.5) is 0 Å². The molecule has 0 aromatic heterocycles. The summed E-state index contributed by atoms with van der Waals surface area (Å²) in [6, 6.07) is 15.4. The highest BCUT2D eigenvalue weighted by Crippen LogP contribution is 2.28. The Labute approximate surface area is 167 Å². The van der Waals surface area contributed by atoms with Crippen molar-refractivity contribution in [3.8, 4) is 0 Å². The number of sulfonamides is 1. The number of fused-ring (bicyclic) bond motifs is 1. The summed E-state index contributed by atoms with van der Waals surface area (Å²) in [5, 5.41) is 0. The Kier molecular flexibility index (Phi) is 5.25. The number of piperidine rings is 1. The zero-order valence-corrected chi connectivity index (χ0v) is 17.0. The maximum absolute atomic E-state index is 13.0. The van der Waals surface area contributed by atoms with Crippen LogP contribution in [-0.4, -0.2) is 43.2 Å². The van der Waals surface area contributed by atoms with Crippen LogP contribution in [0.1, 0.15) is 29.5 Å². The Balaban J connectivity index is 1.41. The summed E-state index contributed by atoms with van der Waals surface area (Å²) < 4.78 is 27.4. The van der Waals surface area contributed by atoms with Gasteiger partial charge in [0.25, 0.3) is 0 Å². The monoisotopic (exact) mass is 398 g/mol. The lowest BCUT2D eigenvalue weighted by atomic mass is 9.94. The molecular formula is C22H26N2O3S. The second-order valence-electron chi connectivity index (χ2n) is 7.72. The van der Waals surface area contributed by atoms with E-state index in [0.29, 0.717) is 37.4 Å². The molecule has 1 saturated heterocycles. The first-order valence-electron chi connectivity index (χ1n) is 9.88. The molecular weight excluding hydrogens is 372 g/mol. The molecule has 2 aromatic carbocycles. The molecule has 0 unspecified atom stereocenters. The number of hydrogen-bond acceptors (Lipinski definition) is 3. The highest BCUT2D eigenvalue weighted by Gasteiger charge is 2.35. The summed E-state index contributed by atoms with van der Waals surface area (Å²) in [5.74, 6) is 0.0797. The van der Waals surface area contributed by atoms with Crippen LogP contribution >= 0.6 is 0 Å². The van der Waals surface area contributed by atoms with Crippen LogP contribution in [0.2, 0.25) is 0 Å². The zero-order valence-electron chi connectivity index (χ0n) is 16.2. The standard InChI is InChI=1S/C22H26N2O3S/c1-17-6-2-5-9-21(17)28(26,27)24-14-11-19(12-15-24)22(25)23-13-10-18-7-3-4-8-20(18)16-23/h2-9,19H,10-16H2,1H3. The summed E-state index contributed by atoms with van der Waals surface area (Å²) >= 11 is 0. The molecule has 1 amide bonds. The topological polar surface area (TPSA) is 57.7 Å². The van der Waals surface area contributed by atoms with Crippen molar-refractivity contribution in [2.24, 2.45) is 5.92 Å². The molecule has 0 aliphatic carbocycles. The molecule has 2 aliphatic heterocycles. The van der Waals surface area contributed by atoms with Crippen molar-refractivity contribution in [2.75, 3.05) is 19.6 Å². The molecule has 0 spiro atoms. The molecule has 0 bridgehead atoms. The molecule has 6 heteroatoms. The first kappa shape index (κ1) is 19.2. The minimum Gasteiger partial charge on any atom is -0.338 e. The van der Waals surface area contributed by atoms with Crippen LogP contribution in [0.15, 0.2) is 53.4 Å². The van der Waals surface area contributed by atoms with E-state index in [2.05, 4.69) is 12.1 Å². The second kappa shape index (κ2) is 7.68. The lowest BCUT2D eigenvalue weighted by Gasteiger charge is -2.35. The molecule has 1 fully saturated rings. The fraction of sp³-hybridized carbons (Fsp3) is 0.409. The summed E-state index contributed by atoms with van der Waals surface area (Å²) in [6.07, 6.45) is 2.06. The first-order valence-corrected chi connectivity index (χ1v) is 11.3. The van der Waals surface area contributed by atoms with Crippen molar-refractivity contribution in [1.29, 1.82) is 0 Å². The maximum Gasteiger partial charge on any atom is 0.243 e. The lowest BCUT2D eigenvalue weighted by molar-refractivity contribution is -0.137. The number of rotatable bonds is 3. The average molecular weight is 399 g/mol. The number of aryl methyl sites for hydroxylation is 1. The van der Waals surface area contributed by atoms with Gasteiger partial charge >= 0.3 is 0 Å². The van der Waals surface area contributed by atoms with E-state index in [9.17, 15) is 13.2 Å². The van der Waals surface area contributed by atoms with E-state index in [-0.39, 0.29) is 11.8 Å². The molecule has 4 rings (SSSR count). The third kappa shape index (κ3) is 3.59. The predicted molar refractivity (Wildman–Crippen MR) is 108 cm³/mol. The van der Waals surface area contributed by atoms with Gasteiger partial charge in [-0.05, 0) is 48.9 Å². The minimum absolute atomic E-state index is 0.0893. The quantitative estimate of drug-likeness (QED) is 0.799. The van der Waals surface area contributed by atoms with E-state index >= 15 is 0 Å². The minimum atomic E-state index is -3.50. The summed E-state index contributed by atoms with van der Waals surface area (Å²) in [4.78, 5) is 15.3.